The summed E-state index contributed by atoms with van der Waals surface area (Å²) in [5.41, 5.74) is 39.4. The molecule has 0 aliphatic carbocycles. The van der Waals surface area contributed by atoms with Gasteiger partial charge in [0.2, 0.25) is 0 Å². The average Bonchev–Trinajstić information content (AvgIpc) is 2.58. The Morgan fingerprint density at radius 1 is 0.739 bits per heavy atom. The Bertz CT molecular complexity index is 485. The molecule has 2 aromatic rings. The molecule has 2 heterocycles. The molecule has 0 bridgehead atoms. The van der Waals surface area contributed by atoms with Gasteiger partial charge in [-0.15, -0.1) is 0 Å². The number of nitrogens with zero attached hydrogens (tertiary/aromatic N) is 8. The van der Waals surface area contributed by atoms with Gasteiger partial charge in [-0.2, -0.15) is 0 Å². The second-order valence-corrected chi connectivity index (χ2v) is 3.23. The summed E-state index contributed by atoms with van der Waals surface area (Å²) >= 11 is 0. The zero-order chi connectivity index (χ0) is 17.1. The van der Waals surface area contributed by atoms with E-state index in [2.05, 4.69) is 9.97 Å². The summed E-state index contributed by atoms with van der Waals surface area (Å²) < 4.78 is 0. The molecule has 11 heteroatoms. The molecule has 2 aromatic heterocycles. The molecule has 0 aliphatic heterocycles. The summed E-state index contributed by atoms with van der Waals surface area (Å²) in [6.07, 6.45) is 3.48. The summed E-state index contributed by atoms with van der Waals surface area (Å²) in [4.78, 5) is 10.9. The number of hydrogen-bond donors (Lipinski definition) is 2. The Balaban J connectivity index is -0.000000253. The van der Waals surface area contributed by atoms with E-state index >= 15 is 0 Å². The van der Waals surface area contributed by atoms with E-state index in [1.165, 1.54) is 9.82 Å². The number of aromatic nitrogens is 2. The summed E-state index contributed by atoms with van der Waals surface area (Å²) in [6.45, 7) is 1.06. The molecule has 1 radical (unpaired) electrons. The van der Waals surface area contributed by atoms with Gasteiger partial charge < -0.3 is 33.6 Å². The molecule has 0 amide bonds. The first-order valence-electron chi connectivity index (χ1n) is 5.86. The molecular formula is C12H16CuN10. The Kier molecular flexibility index (Phi) is 23.8. The first-order chi connectivity index (χ1) is 10.7. The zero-order valence-electron chi connectivity index (χ0n) is 12.1. The minimum Gasteiger partial charge on any atom is -0.373 e. The minimum atomic E-state index is 0. The van der Waals surface area contributed by atoms with Gasteiger partial charge in [0.05, 0.1) is 11.4 Å². The van der Waals surface area contributed by atoms with Crippen molar-refractivity contribution in [1.29, 1.82) is 0 Å². The quantitative estimate of drug-likeness (QED) is 0.358. The van der Waals surface area contributed by atoms with Gasteiger partial charge in [-0.3, -0.25) is 19.8 Å². The fourth-order valence-corrected chi connectivity index (χ4v) is 1.04. The zero-order valence-corrected chi connectivity index (χ0v) is 13.0. The van der Waals surface area contributed by atoms with Crippen LogP contribution >= 0.6 is 0 Å². The van der Waals surface area contributed by atoms with Crippen LogP contribution in [0.25, 0.3) is 31.9 Å². The van der Waals surface area contributed by atoms with Crippen molar-refractivity contribution in [1.82, 2.24) is 9.97 Å². The van der Waals surface area contributed by atoms with Crippen molar-refractivity contribution in [2.24, 2.45) is 11.5 Å². The summed E-state index contributed by atoms with van der Waals surface area (Å²) in [5, 5.41) is 0. The van der Waals surface area contributed by atoms with E-state index in [0.717, 1.165) is 11.4 Å². The van der Waals surface area contributed by atoms with Crippen molar-refractivity contribution in [3.8, 4) is 0 Å². The summed E-state index contributed by atoms with van der Waals surface area (Å²) in [6, 6.07) is 11.4. The molecular weight excluding hydrogens is 348 g/mol. The number of rotatable bonds is 2. The van der Waals surface area contributed by atoms with Crippen molar-refractivity contribution in [3.05, 3.63) is 92.1 Å². The standard InChI is InChI=1S/2C6H8N2.Cu.2N3/c2*7-5-6-3-1-2-4-8-6;;2*1-3-2/h2*1-4H,5,7H2;;;/q;;+2;2*-1. The van der Waals surface area contributed by atoms with Gasteiger partial charge in [0, 0.05) is 25.5 Å². The van der Waals surface area contributed by atoms with Crippen LogP contribution in [0.1, 0.15) is 11.4 Å². The van der Waals surface area contributed by atoms with Crippen molar-refractivity contribution in [2.45, 2.75) is 13.1 Å². The smallest absolute Gasteiger partial charge is 0.373 e. The van der Waals surface area contributed by atoms with E-state index < -0.39 is 0 Å². The Hall–Kier alpha value is -2.64. The number of nitrogens with two attached hydrogens (primary N) is 2. The number of hydrogen-bond acceptors (Lipinski definition) is 4. The largest absolute Gasteiger partial charge is 2.00 e. The second kappa shape index (κ2) is 21.7. The van der Waals surface area contributed by atoms with Crippen LogP contribution in [0, 0.1) is 0 Å². The molecule has 23 heavy (non-hydrogen) atoms. The Morgan fingerprint density at radius 3 is 1.17 bits per heavy atom. The minimum absolute atomic E-state index is 0. The van der Waals surface area contributed by atoms with Gasteiger partial charge in [-0.1, -0.05) is 12.1 Å². The third kappa shape index (κ3) is 19.4. The predicted octanol–water partition coefficient (Wildman–Crippen LogP) is 2.81. The van der Waals surface area contributed by atoms with Crippen LogP contribution in [-0.4, -0.2) is 9.97 Å². The van der Waals surface area contributed by atoms with Gasteiger partial charge >= 0.3 is 17.1 Å². The SMILES string of the molecule is NCc1ccccn1.NCc1ccccn1.[Cu+2].[N-]=[N+]=[N-].[N-]=[N+]=[N-]. The molecule has 0 saturated heterocycles. The molecule has 125 valence electrons. The first-order valence-corrected chi connectivity index (χ1v) is 5.86. The van der Waals surface area contributed by atoms with Gasteiger partial charge in [0.15, 0.2) is 0 Å². The molecule has 0 saturated carbocycles. The topological polar surface area (TPSA) is 195 Å². The Morgan fingerprint density at radius 2 is 1.04 bits per heavy atom. The maximum absolute atomic E-state index is 6.75. The third-order valence-corrected chi connectivity index (χ3v) is 1.87. The van der Waals surface area contributed by atoms with Crippen LogP contribution in [0.3, 0.4) is 0 Å². The van der Waals surface area contributed by atoms with E-state index in [9.17, 15) is 0 Å². The molecule has 0 spiro atoms. The monoisotopic (exact) mass is 363 g/mol. The van der Waals surface area contributed by atoms with E-state index in [1.54, 1.807) is 12.4 Å². The fraction of sp³-hybridized carbons (Fsp3) is 0.167. The van der Waals surface area contributed by atoms with Crippen molar-refractivity contribution in [3.63, 3.8) is 0 Å². The van der Waals surface area contributed by atoms with Crippen LogP contribution < -0.4 is 11.5 Å². The molecule has 0 aromatic carbocycles. The predicted molar refractivity (Wildman–Crippen MR) is 84.4 cm³/mol. The molecule has 0 unspecified atom stereocenters. The molecule has 2 rings (SSSR count). The molecule has 0 fully saturated rings. The summed E-state index contributed by atoms with van der Waals surface area (Å²) in [5.74, 6) is 0. The van der Waals surface area contributed by atoms with Crippen LogP contribution in [0.15, 0.2) is 48.8 Å². The van der Waals surface area contributed by atoms with E-state index in [-0.39, 0.29) is 17.1 Å². The van der Waals surface area contributed by atoms with E-state index in [0.29, 0.717) is 13.1 Å². The summed E-state index contributed by atoms with van der Waals surface area (Å²) in [7, 11) is 0. The van der Waals surface area contributed by atoms with Crippen molar-refractivity contribution < 1.29 is 17.1 Å². The third-order valence-electron chi connectivity index (χ3n) is 1.87. The van der Waals surface area contributed by atoms with Crippen LogP contribution in [0.5, 0.6) is 0 Å². The van der Waals surface area contributed by atoms with Crippen molar-refractivity contribution in [2.75, 3.05) is 0 Å². The van der Waals surface area contributed by atoms with Crippen LogP contribution in [-0.2, 0) is 30.2 Å². The molecule has 4 N–H and O–H groups in total. The second-order valence-electron chi connectivity index (χ2n) is 3.23. The van der Waals surface area contributed by atoms with E-state index in [1.807, 2.05) is 36.4 Å². The van der Waals surface area contributed by atoms with Gasteiger partial charge in [0.25, 0.3) is 0 Å². The maximum Gasteiger partial charge on any atom is 2.00 e. The van der Waals surface area contributed by atoms with Gasteiger partial charge in [0.1, 0.15) is 0 Å². The normalized spacial score (nSPS) is 7.04. The fourth-order valence-electron chi connectivity index (χ4n) is 1.04. The average molecular weight is 364 g/mol. The molecule has 0 aliphatic rings. The van der Waals surface area contributed by atoms with E-state index in [4.69, 9.17) is 33.6 Å². The first kappa shape index (κ1) is 25.3. The molecule has 10 nitrogen and oxygen atoms in total. The van der Waals surface area contributed by atoms with Crippen LogP contribution in [0.4, 0.5) is 0 Å². The van der Waals surface area contributed by atoms with Crippen molar-refractivity contribution >= 4 is 0 Å². The number of pyridine rings is 2. The molecule has 0 atom stereocenters. The Labute approximate surface area is 144 Å². The van der Waals surface area contributed by atoms with Gasteiger partial charge in [-0.25, -0.2) is 0 Å². The van der Waals surface area contributed by atoms with Gasteiger partial charge in [-0.05, 0) is 24.3 Å². The maximum atomic E-state index is 6.75. The van der Waals surface area contributed by atoms with Crippen LogP contribution in [0.2, 0.25) is 0 Å².